The van der Waals surface area contributed by atoms with Crippen LogP contribution < -0.4 is 5.32 Å². The number of nitrogens with zero attached hydrogens (tertiary/aromatic N) is 2. The van der Waals surface area contributed by atoms with E-state index in [0.717, 1.165) is 5.56 Å². The lowest BCUT2D eigenvalue weighted by Crippen LogP contribution is -2.29. The summed E-state index contributed by atoms with van der Waals surface area (Å²) < 4.78 is 26.3. The Labute approximate surface area is 159 Å². The molecular weight excluding hydrogens is 366 g/mol. The van der Waals surface area contributed by atoms with Crippen LogP contribution in [0.2, 0.25) is 0 Å². The number of amides is 1. The van der Waals surface area contributed by atoms with Crippen LogP contribution in [0.1, 0.15) is 35.7 Å². The summed E-state index contributed by atoms with van der Waals surface area (Å²) in [6.07, 6.45) is 3.95. The van der Waals surface area contributed by atoms with E-state index >= 15 is 0 Å². The highest BCUT2D eigenvalue weighted by atomic mass is 32.2. The first-order valence-corrected chi connectivity index (χ1v) is 9.97. The molecule has 0 bridgehead atoms. The number of carbonyl (C=O) groups is 2. The number of rotatable bonds is 9. The molecule has 1 amide bonds. The molecule has 1 aromatic carbocycles. The molecule has 7 nitrogen and oxygen atoms in total. The lowest BCUT2D eigenvalue weighted by molar-refractivity contribution is -0.121. The Hall–Kier alpha value is -2.58. The highest BCUT2D eigenvalue weighted by Crippen LogP contribution is 2.16. The second-order valence-electron chi connectivity index (χ2n) is 6.14. The van der Waals surface area contributed by atoms with E-state index in [-0.39, 0.29) is 29.6 Å². The minimum absolute atomic E-state index is 0.120. The van der Waals surface area contributed by atoms with E-state index in [1.54, 1.807) is 12.4 Å². The van der Waals surface area contributed by atoms with Crippen molar-refractivity contribution in [3.8, 4) is 0 Å². The van der Waals surface area contributed by atoms with Crippen molar-refractivity contribution in [2.75, 3.05) is 13.6 Å². The molecule has 1 N–H and O–H groups in total. The van der Waals surface area contributed by atoms with Gasteiger partial charge in [0.25, 0.3) is 0 Å². The number of aromatic nitrogens is 1. The number of hydrogen-bond donors (Lipinski definition) is 1. The molecule has 0 fully saturated rings. The maximum atomic E-state index is 12.5. The van der Waals surface area contributed by atoms with Crippen molar-refractivity contribution in [3.05, 3.63) is 59.9 Å². The molecule has 0 unspecified atom stereocenters. The molecule has 1 aromatic heterocycles. The van der Waals surface area contributed by atoms with Crippen molar-refractivity contribution >= 4 is 21.7 Å². The molecule has 27 heavy (non-hydrogen) atoms. The van der Waals surface area contributed by atoms with E-state index < -0.39 is 10.0 Å². The molecule has 1 heterocycles. The smallest absolute Gasteiger partial charge is 0.242 e. The van der Waals surface area contributed by atoms with Crippen molar-refractivity contribution in [3.63, 3.8) is 0 Å². The van der Waals surface area contributed by atoms with Crippen LogP contribution in [0.4, 0.5) is 0 Å². The summed E-state index contributed by atoms with van der Waals surface area (Å²) >= 11 is 0. The van der Waals surface area contributed by atoms with Crippen LogP contribution in [0.15, 0.2) is 53.7 Å². The third-order valence-corrected chi connectivity index (χ3v) is 5.96. The molecule has 0 saturated carbocycles. The van der Waals surface area contributed by atoms with E-state index in [4.69, 9.17) is 0 Å². The fourth-order valence-electron chi connectivity index (χ4n) is 2.41. The summed E-state index contributed by atoms with van der Waals surface area (Å²) in [5.74, 6) is -0.256. The largest absolute Gasteiger partial charge is 0.352 e. The van der Waals surface area contributed by atoms with Crippen molar-refractivity contribution in [2.24, 2.45) is 0 Å². The molecule has 0 radical (unpaired) electrons. The van der Waals surface area contributed by atoms with E-state index in [1.807, 2.05) is 12.1 Å². The Morgan fingerprint density at radius 1 is 1.07 bits per heavy atom. The van der Waals surface area contributed by atoms with Crippen LogP contribution in [-0.2, 0) is 21.4 Å². The van der Waals surface area contributed by atoms with Crippen LogP contribution in [0.5, 0.6) is 0 Å². The van der Waals surface area contributed by atoms with E-state index in [9.17, 15) is 18.0 Å². The summed E-state index contributed by atoms with van der Waals surface area (Å²) in [5.41, 5.74) is 1.41. The lowest BCUT2D eigenvalue weighted by atomic mass is 10.2. The van der Waals surface area contributed by atoms with Gasteiger partial charge in [-0.3, -0.25) is 14.6 Å². The third kappa shape index (κ3) is 5.97. The SMILES string of the molecule is CC(=O)c1ccc(S(=O)(=O)N(C)CCCC(=O)NCc2ccncc2)cc1. The summed E-state index contributed by atoms with van der Waals surface area (Å²) in [4.78, 5) is 27.2. The number of hydrogen-bond acceptors (Lipinski definition) is 5. The molecule has 0 aliphatic rings. The van der Waals surface area contributed by atoms with E-state index in [2.05, 4.69) is 10.3 Å². The normalized spacial score (nSPS) is 11.4. The second-order valence-corrected chi connectivity index (χ2v) is 8.19. The predicted molar refractivity (Wildman–Crippen MR) is 102 cm³/mol. The average Bonchev–Trinajstić information content (AvgIpc) is 2.67. The maximum absolute atomic E-state index is 12.5. The zero-order chi connectivity index (χ0) is 19.9. The van der Waals surface area contributed by atoms with Crippen molar-refractivity contribution in [1.29, 1.82) is 0 Å². The Morgan fingerprint density at radius 2 is 1.70 bits per heavy atom. The number of ketones is 1. The number of Topliss-reactive ketones (excluding diaryl/α,β-unsaturated/α-hetero) is 1. The summed E-state index contributed by atoms with van der Waals surface area (Å²) in [5, 5.41) is 2.79. The molecule has 0 atom stereocenters. The molecule has 8 heteroatoms. The Kier molecular flexibility index (Phi) is 7.20. The number of carbonyl (C=O) groups excluding carboxylic acids is 2. The average molecular weight is 389 g/mol. The van der Waals surface area contributed by atoms with Crippen molar-refractivity contribution < 1.29 is 18.0 Å². The van der Waals surface area contributed by atoms with E-state index in [0.29, 0.717) is 18.5 Å². The second kappa shape index (κ2) is 9.38. The van der Waals surface area contributed by atoms with Gasteiger partial charge in [0, 0.05) is 44.5 Å². The third-order valence-electron chi connectivity index (χ3n) is 4.08. The van der Waals surface area contributed by atoms with Gasteiger partial charge in [-0.25, -0.2) is 12.7 Å². The lowest BCUT2D eigenvalue weighted by Gasteiger charge is -2.17. The molecule has 0 spiro atoms. The quantitative estimate of drug-likeness (QED) is 0.662. The predicted octanol–water partition coefficient (Wildman–Crippen LogP) is 2.00. The Balaban J connectivity index is 1.82. The zero-order valence-electron chi connectivity index (χ0n) is 15.4. The van der Waals surface area contributed by atoms with Crippen LogP contribution >= 0.6 is 0 Å². The van der Waals surface area contributed by atoms with Crippen molar-refractivity contribution in [2.45, 2.75) is 31.2 Å². The van der Waals surface area contributed by atoms with Crippen molar-refractivity contribution in [1.82, 2.24) is 14.6 Å². The fraction of sp³-hybridized carbons (Fsp3) is 0.316. The molecule has 2 rings (SSSR count). The van der Waals surface area contributed by atoms with Gasteiger partial charge in [0.05, 0.1) is 4.90 Å². The molecule has 144 valence electrons. The van der Waals surface area contributed by atoms with Gasteiger partial charge in [-0.05, 0) is 43.2 Å². The van der Waals surface area contributed by atoms with E-state index in [1.165, 1.54) is 42.5 Å². The van der Waals surface area contributed by atoms with Gasteiger partial charge in [-0.15, -0.1) is 0 Å². The molecule has 0 aliphatic heterocycles. The first-order valence-electron chi connectivity index (χ1n) is 8.53. The van der Waals surface area contributed by atoms with Gasteiger partial charge in [0.15, 0.2) is 5.78 Å². The Morgan fingerprint density at radius 3 is 2.30 bits per heavy atom. The van der Waals surface area contributed by atoms with Gasteiger partial charge in [-0.1, -0.05) is 12.1 Å². The highest BCUT2D eigenvalue weighted by Gasteiger charge is 2.20. The first kappa shape index (κ1) is 20.7. The maximum Gasteiger partial charge on any atom is 0.242 e. The van der Waals surface area contributed by atoms with Crippen LogP contribution in [0, 0.1) is 0 Å². The molecule has 0 saturated heterocycles. The highest BCUT2D eigenvalue weighted by molar-refractivity contribution is 7.89. The number of sulfonamides is 1. The van der Waals surface area contributed by atoms with Gasteiger partial charge in [-0.2, -0.15) is 0 Å². The monoisotopic (exact) mass is 389 g/mol. The number of nitrogens with one attached hydrogen (secondary N) is 1. The molecular formula is C19H23N3O4S. The minimum Gasteiger partial charge on any atom is -0.352 e. The number of pyridine rings is 1. The number of benzene rings is 1. The standard InChI is InChI=1S/C19H23N3O4S/c1-15(23)17-5-7-18(8-6-17)27(25,26)22(2)13-3-4-19(24)21-14-16-9-11-20-12-10-16/h5-12H,3-4,13-14H2,1-2H3,(H,21,24). The van der Waals surface area contributed by atoms with Gasteiger partial charge in [0.2, 0.25) is 15.9 Å². The molecule has 0 aliphatic carbocycles. The Bertz CT molecular complexity index is 881. The summed E-state index contributed by atoms with van der Waals surface area (Å²) in [6, 6.07) is 9.47. The summed E-state index contributed by atoms with van der Waals surface area (Å²) in [7, 11) is -2.18. The minimum atomic E-state index is -3.65. The van der Waals surface area contributed by atoms with Crippen LogP contribution in [-0.4, -0.2) is 43.0 Å². The topological polar surface area (TPSA) is 96.4 Å². The first-order chi connectivity index (χ1) is 12.8. The van der Waals surface area contributed by atoms with Gasteiger partial charge < -0.3 is 5.32 Å². The summed E-state index contributed by atoms with van der Waals surface area (Å²) in [6.45, 7) is 2.06. The molecule has 2 aromatic rings. The van der Waals surface area contributed by atoms with Crippen LogP contribution in [0.3, 0.4) is 0 Å². The van der Waals surface area contributed by atoms with Gasteiger partial charge >= 0.3 is 0 Å². The fourth-order valence-corrected chi connectivity index (χ4v) is 3.62. The zero-order valence-corrected chi connectivity index (χ0v) is 16.2. The van der Waals surface area contributed by atoms with Gasteiger partial charge in [0.1, 0.15) is 0 Å². The van der Waals surface area contributed by atoms with Crippen LogP contribution in [0.25, 0.3) is 0 Å².